The Labute approximate surface area is 180 Å². The van der Waals surface area contributed by atoms with E-state index in [1.807, 2.05) is 44.2 Å². The summed E-state index contributed by atoms with van der Waals surface area (Å²) in [5.74, 6) is 0.668. The molecule has 0 aliphatic carbocycles. The summed E-state index contributed by atoms with van der Waals surface area (Å²) in [6.07, 6.45) is 1.77. The Balaban J connectivity index is 1.67. The van der Waals surface area contributed by atoms with Crippen LogP contribution in [-0.4, -0.2) is 27.6 Å². The van der Waals surface area contributed by atoms with Crippen molar-refractivity contribution in [2.45, 2.75) is 33.5 Å². The molecule has 5 nitrogen and oxygen atoms in total. The highest BCUT2D eigenvalue weighted by atomic mass is 35.5. The number of hydrogen-bond donors (Lipinski definition) is 0. The van der Waals surface area contributed by atoms with Gasteiger partial charge in [-0.05, 0) is 55.3 Å². The van der Waals surface area contributed by atoms with Gasteiger partial charge in [0.2, 0.25) is 0 Å². The van der Waals surface area contributed by atoms with Crippen LogP contribution < -0.4 is 4.74 Å². The summed E-state index contributed by atoms with van der Waals surface area (Å²) < 4.78 is 7.64. The lowest BCUT2D eigenvalue weighted by Crippen LogP contribution is -2.26. The van der Waals surface area contributed by atoms with E-state index in [1.54, 1.807) is 35.0 Å². The highest BCUT2D eigenvalue weighted by Gasteiger charge is 2.16. The molecule has 0 aliphatic rings. The minimum Gasteiger partial charge on any atom is -0.489 e. The molecule has 0 saturated carbocycles. The number of halogens is 2. The van der Waals surface area contributed by atoms with Crippen molar-refractivity contribution in [3.63, 3.8) is 0 Å². The van der Waals surface area contributed by atoms with Gasteiger partial charge in [-0.1, -0.05) is 35.3 Å². The summed E-state index contributed by atoms with van der Waals surface area (Å²) in [7, 11) is 1.74. The number of aromatic nitrogens is 2. The van der Waals surface area contributed by atoms with Gasteiger partial charge in [-0.15, -0.1) is 0 Å². The molecular formula is C22H23Cl2N3O2. The van der Waals surface area contributed by atoms with Crippen LogP contribution in [0.5, 0.6) is 5.75 Å². The first kappa shape index (κ1) is 21.2. The Morgan fingerprint density at radius 1 is 1.21 bits per heavy atom. The van der Waals surface area contributed by atoms with Gasteiger partial charge in [0.25, 0.3) is 5.91 Å². The molecule has 7 heteroatoms. The van der Waals surface area contributed by atoms with Crippen LogP contribution in [0.25, 0.3) is 0 Å². The fourth-order valence-electron chi connectivity index (χ4n) is 2.95. The number of carbonyl (C=O) groups excluding carboxylic acids is 1. The fourth-order valence-corrected chi connectivity index (χ4v) is 3.39. The summed E-state index contributed by atoms with van der Waals surface area (Å²) in [5.41, 5.74) is 3.15. The lowest BCUT2D eigenvalue weighted by molar-refractivity contribution is 0.0783. The third-order valence-corrected chi connectivity index (χ3v) is 5.10. The smallest absolute Gasteiger partial charge is 0.253 e. The van der Waals surface area contributed by atoms with Crippen LogP contribution in [-0.2, 0) is 19.7 Å². The molecule has 1 amide bonds. The summed E-state index contributed by atoms with van der Waals surface area (Å²) in [6, 6.07) is 12.9. The lowest BCUT2D eigenvalue weighted by atomic mass is 10.1. The second kappa shape index (κ2) is 9.33. The third-order valence-electron chi connectivity index (χ3n) is 4.55. The average Bonchev–Trinajstić information content (AvgIpc) is 3.06. The zero-order valence-electron chi connectivity index (χ0n) is 16.7. The molecular weight excluding hydrogens is 409 g/mol. The standard InChI is InChI=1S/C22H23Cl2N3O2/c1-4-27-12-19(24)20(25-27)13-26(3)22(28)17-7-5-6-16(11-17)14-29-21-9-8-18(23)10-15(21)2/h5-12H,4,13-14H2,1-3H3. The monoisotopic (exact) mass is 431 g/mol. The van der Waals surface area contributed by atoms with Crippen LogP contribution in [0.1, 0.15) is 34.1 Å². The van der Waals surface area contributed by atoms with Gasteiger partial charge < -0.3 is 9.64 Å². The van der Waals surface area contributed by atoms with E-state index in [-0.39, 0.29) is 5.91 Å². The molecule has 2 aromatic carbocycles. The molecule has 0 unspecified atom stereocenters. The van der Waals surface area contributed by atoms with Crippen LogP contribution in [0.4, 0.5) is 0 Å². The summed E-state index contributed by atoms with van der Waals surface area (Å²) >= 11 is 12.2. The van der Waals surface area contributed by atoms with E-state index >= 15 is 0 Å². The SMILES string of the molecule is CCn1cc(Cl)c(CN(C)C(=O)c2cccc(COc3ccc(Cl)cc3C)c2)n1. The normalized spacial score (nSPS) is 10.8. The van der Waals surface area contributed by atoms with Crippen molar-refractivity contribution >= 4 is 29.1 Å². The van der Waals surface area contributed by atoms with Crippen molar-refractivity contribution in [3.8, 4) is 5.75 Å². The third kappa shape index (κ3) is 5.31. The second-order valence-electron chi connectivity index (χ2n) is 6.84. The van der Waals surface area contributed by atoms with E-state index in [0.29, 0.717) is 34.5 Å². The number of amides is 1. The summed E-state index contributed by atoms with van der Waals surface area (Å²) in [6.45, 7) is 5.37. The Morgan fingerprint density at radius 3 is 2.69 bits per heavy atom. The van der Waals surface area contributed by atoms with E-state index in [2.05, 4.69) is 5.10 Å². The summed E-state index contributed by atoms with van der Waals surface area (Å²) in [5, 5.41) is 5.64. The Hall–Kier alpha value is -2.50. The Morgan fingerprint density at radius 2 is 2.00 bits per heavy atom. The molecule has 0 fully saturated rings. The van der Waals surface area contributed by atoms with Gasteiger partial charge >= 0.3 is 0 Å². The number of nitrogens with zero attached hydrogens (tertiary/aromatic N) is 3. The average molecular weight is 432 g/mol. The molecule has 1 aromatic heterocycles. The predicted octanol–water partition coefficient (Wildman–Crippen LogP) is 5.37. The molecule has 0 radical (unpaired) electrons. The van der Waals surface area contributed by atoms with E-state index in [0.717, 1.165) is 23.4 Å². The zero-order valence-corrected chi connectivity index (χ0v) is 18.2. The Bertz CT molecular complexity index is 1020. The van der Waals surface area contributed by atoms with Gasteiger partial charge in [-0.3, -0.25) is 9.48 Å². The number of benzene rings is 2. The number of aryl methyl sites for hydroxylation is 2. The molecule has 3 aromatic rings. The lowest BCUT2D eigenvalue weighted by Gasteiger charge is -2.17. The molecule has 0 saturated heterocycles. The van der Waals surface area contributed by atoms with Crippen molar-refractivity contribution in [1.82, 2.24) is 14.7 Å². The van der Waals surface area contributed by atoms with Crippen LogP contribution >= 0.6 is 23.2 Å². The van der Waals surface area contributed by atoms with Crippen molar-refractivity contribution in [3.05, 3.63) is 81.1 Å². The number of rotatable bonds is 7. The summed E-state index contributed by atoms with van der Waals surface area (Å²) in [4.78, 5) is 14.5. The maximum Gasteiger partial charge on any atom is 0.253 e. The van der Waals surface area contributed by atoms with Crippen molar-refractivity contribution in [1.29, 1.82) is 0 Å². The highest BCUT2D eigenvalue weighted by Crippen LogP contribution is 2.23. The maximum atomic E-state index is 12.8. The number of hydrogen-bond acceptors (Lipinski definition) is 3. The molecule has 29 heavy (non-hydrogen) atoms. The van der Waals surface area contributed by atoms with Crippen molar-refractivity contribution < 1.29 is 9.53 Å². The van der Waals surface area contributed by atoms with Gasteiger partial charge in [-0.25, -0.2) is 0 Å². The number of ether oxygens (including phenoxy) is 1. The fraction of sp³-hybridized carbons (Fsp3) is 0.273. The molecule has 0 atom stereocenters. The quantitative estimate of drug-likeness (QED) is 0.504. The van der Waals surface area contributed by atoms with Gasteiger partial charge in [-0.2, -0.15) is 5.10 Å². The predicted molar refractivity (Wildman–Crippen MR) is 116 cm³/mol. The maximum absolute atomic E-state index is 12.8. The highest BCUT2D eigenvalue weighted by molar-refractivity contribution is 6.31. The van der Waals surface area contributed by atoms with Crippen LogP contribution in [0.15, 0.2) is 48.7 Å². The van der Waals surface area contributed by atoms with E-state index in [1.165, 1.54) is 0 Å². The first-order chi connectivity index (χ1) is 13.9. The number of carbonyl (C=O) groups is 1. The van der Waals surface area contributed by atoms with Gasteiger partial charge in [0.15, 0.2) is 0 Å². The van der Waals surface area contributed by atoms with Gasteiger partial charge in [0.1, 0.15) is 18.1 Å². The van der Waals surface area contributed by atoms with Gasteiger partial charge in [0, 0.05) is 30.4 Å². The van der Waals surface area contributed by atoms with Crippen LogP contribution in [0.2, 0.25) is 10.0 Å². The molecule has 3 rings (SSSR count). The van der Waals surface area contributed by atoms with Gasteiger partial charge in [0.05, 0.1) is 11.6 Å². The zero-order chi connectivity index (χ0) is 21.0. The molecule has 0 aliphatic heterocycles. The van der Waals surface area contributed by atoms with E-state index < -0.39 is 0 Å². The largest absolute Gasteiger partial charge is 0.489 e. The molecule has 0 spiro atoms. The topological polar surface area (TPSA) is 47.4 Å². The molecule has 1 heterocycles. The molecule has 0 N–H and O–H groups in total. The molecule has 0 bridgehead atoms. The van der Waals surface area contributed by atoms with E-state index in [9.17, 15) is 4.79 Å². The van der Waals surface area contributed by atoms with Crippen LogP contribution in [0.3, 0.4) is 0 Å². The first-order valence-corrected chi connectivity index (χ1v) is 10.1. The molecule has 152 valence electrons. The minimum absolute atomic E-state index is 0.100. The van der Waals surface area contributed by atoms with Crippen LogP contribution in [0, 0.1) is 6.92 Å². The van der Waals surface area contributed by atoms with E-state index in [4.69, 9.17) is 27.9 Å². The second-order valence-corrected chi connectivity index (χ2v) is 7.68. The van der Waals surface area contributed by atoms with Crippen molar-refractivity contribution in [2.24, 2.45) is 0 Å². The first-order valence-electron chi connectivity index (χ1n) is 9.32. The Kier molecular flexibility index (Phi) is 6.83. The van der Waals surface area contributed by atoms with Crippen molar-refractivity contribution in [2.75, 3.05) is 7.05 Å². The minimum atomic E-state index is -0.100.